The predicted molar refractivity (Wildman–Crippen MR) is 124 cm³/mol. The predicted octanol–water partition coefficient (Wildman–Crippen LogP) is 4.12. The number of nitrogens with zero attached hydrogens (tertiary/aromatic N) is 1. The zero-order chi connectivity index (χ0) is 22.5. The minimum absolute atomic E-state index is 0.213. The molecule has 0 unspecified atom stereocenters. The Labute approximate surface area is 188 Å². The Morgan fingerprint density at radius 2 is 1.75 bits per heavy atom. The van der Waals surface area contributed by atoms with Gasteiger partial charge in [0.25, 0.3) is 11.8 Å². The fourth-order valence-electron chi connectivity index (χ4n) is 3.14. The molecule has 2 aromatic carbocycles. The summed E-state index contributed by atoms with van der Waals surface area (Å²) in [4.78, 5) is 42.0. The van der Waals surface area contributed by atoms with Crippen molar-refractivity contribution in [3.63, 3.8) is 0 Å². The number of methoxy groups -OCH3 is 1. The first-order valence-electron chi connectivity index (χ1n) is 9.75. The van der Waals surface area contributed by atoms with Crippen molar-refractivity contribution in [2.24, 2.45) is 0 Å². The summed E-state index contributed by atoms with van der Waals surface area (Å²) in [5.41, 5.74) is 2.89. The van der Waals surface area contributed by atoms with Crippen molar-refractivity contribution in [3.05, 3.63) is 83.2 Å². The summed E-state index contributed by atoms with van der Waals surface area (Å²) >= 11 is 1.56. The smallest absolute Gasteiger partial charge is 0.325 e. The van der Waals surface area contributed by atoms with Gasteiger partial charge in [-0.3, -0.25) is 14.4 Å². The first kappa shape index (κ1) is 21.2. The normalized spacial score (nSPS) is 10.5. The number of para-hydroxylation sites is 1. The summed E-state index contributed by atoms with van der Waals surface area (Å²) in [6.07, 6.45) is 0. The van der Waals surface area contributed by atoms with E-state index in [-0.39, 0.29) is 12.5 Å². The van der Waals surface area contributed by atoms with Crippen LogP contribution in [-0.4, -0.2) is 36.4 Å². The third-order valence-corrected chi connectivity index (χ3v) is 5.65. The van der Waals surface area contributed by atoms with Crippen LogP contribution in [0.4, 0.5) is 5.69 Å². The molecule has 7 nitrogen and oxygen atoms in total. The van der Waals surface area contributed by atoms with Crippen molar-refractivity contribution in [3.8, 4) is 10.6 Å². The zero-order valence-electron chi connectivity index (χ0n) is 17.1. The molecule has 160 valence electrons. The van der Waals surface area contributed by atoms with Crippen molar-refractivity contribution in [1.82, 2.24) is 10.3 Å². The van der Waals surface area contributed by atoms with Crippen LogP contribution < -0.4 is 10.6 Å². The summed E-state index contributed by atoms with van der Waals surface area (Å²) in [7, 11) is 1.25. The number of nitrogens with one attached hydrogen (secondary N) is 2. The van der Waals surface area contributed by atoms with Gasteiger partial charge in [-0.15, -0.1) is 11.3 Å². The molecule has 2 N–H and O–H groups in total. The van der Waals surface area contributed by atoms with Crippen LogP contribution in [0.3, 0.4) is 0 Å². The van der Waals surface area contributed by atoms with Crippen LogP contribution in [0.1, 0.15) is 20.7 Å². The number of aromatic nitrogens is 1. The molecule has 2 aromatic heterocycles. The van der Waals surface area contributed by atoms with Crippen LogP contribution in [0.25, 0.3) is 21.5 Å². The van der Waals surface area contributed by atoms with E-state index in [1.54, 1.807) is 41.7 Å². The number of anilines is 1. The van der Waals surface area contributed by atoms with Gasteiger partial charge in [0.15, 0.2) is 0 Å². The molecule has 0 saturated carbocycles. The van der Waals surface area contributed by atoms with E-state index >= 15 is 0 Å². The number of fused-ring (bicyclic) bond motifs is 1. The number of carbonyl (C=O) groups is 3. The third kappa shape index (κ3) is 4.65. The number of benzene rings is 2. The Bertz CT molecular complexity index is 1280. The maximum absolute atomic E-state index is 13.1. The molecule has 0 aliphatic carbocycles. The summed E-state index contributed by atoms with van der Waals surface area (Å²) in [5.74, 6) is -1.22. The molecule has 0 fully saturated rings. The molecule has 4 rings (SSSR count). The van der Waals surface area contributed by atoms with E-state index in [0.717, 1.165) is 21.5 Å². The molecular weight excluding hydrogens is 426 g/mol. The number of hydrogen-bond donors (Lipinski definition) is 2. The van der Waals surface area contributed by atoms with Crippen molar-refractivity contribution >= 4 is 45.7 Å². The van der Waals surface area contributed by atoms with E-state index in [9.17, 15) is 14.4 Å². The van der Waals surface area contributed by atoms with Gasteiger partial charge in [0, 0.05) is 16.6 Å². The van der Waals surface area contributed by atoms with Crippen LogP contribution in [0, 0.1) is 0 Å². The summed E-state index contributed by atoms with van der Waals surface area (Å²) < 4.78 is 4.50. The molecule has 32 heavy (non-hydrogen) atoms. The molecule has 2 amide bonds. The number of amides is 2. The quantitative estimate of drug-likeness (QED) is 0.435. The molecule has 0 radical (unpaired) electrons. The van der Waals surface area contributed by atoms with Crippen LogP contribution >= 0.6 is 11.3 Å². The molecular formula is C24H19N3O4S. The molecule has 8 heteroatoms. The van der Waals surface area contributed by atoms with Gasteiger partial charge in [-0.2, -0.15) is 0 Å². The topological polar surface area (TPSA) is 97.4 Å². The Hall–Kier alpha value is -4.04. The van der Waals surface area contributed by atoms with Gasteiger partial charge in [0.05, 0.1) is 28.8 Å². The highest BCUT2D eigenvalue weighted by atomic mass is 32.1. The molecule has 0 aliphatic rings. The molecule has 0 aliphatic heterocycles. The first-order valence-corrected chi connectivity index (χ1v) is 10.6. The van der Waals surface area contributed by atoms with E-state index in [0.29, 0.717) is 16.8 Å². The summed E-state index contributed by atoms with van der Waals surface area (Å²) in [5, 5.41) is 8.07. The monoisotopic (exact) mass is 445 g/mol. The van der Waals surface area contributed by atoms with E-state index in [1.165, 1.54) is 7.11 Å². The lowest BCUT2D eigenvalue weighted by atomic mass is 10.1. The largest absolute Gasteiger partial charge is 0.468 e. The number of hydrogen-bond acceptors (Lipinski definition) is 6. The van der Waals surface area contributed by atoms with Gasteiger partial charge >= 0.3 is 5.97 Å². The van der Waals surface area contributed by atoms with Gasteiger partial charge < -0.3 is 15.4 Å². The zero-order valence-corrected chi connectivity index (χ0v) is 17.9. The van der Waals surface area contributed by atoms with Gasteiger partial charge in [-0.05, 0) is 47.8 Å². The molecule has 0 bridgehead atoms. The lowest BCUT2D eigenvalue weighted by Gasteiger charge is -2.10. The average Bonchev–Trinajstić information content (AvgIpc) is 3.37. The maximum atomic E-state index is 13.1. The standard InChI is InChI=1S/C24H19N3O4S/c1-31-22(28)14-25-23(29)15-8-10-16(11-9-15)26-24(30)18-13-20(21-7-4-12-32-21)27-19-6-3-2-5-17(18)19/h2-13H,14H2,1H3,(H,25,29)(H,26,30). The second-order valence-electron chi connectivity index (χ2n) is 6.84. The van der Waals surface area contributed by atoms with Crippen molar-refractivity contribution in [2.75, 3.05) is 19.0 Å². The summed E-state index contributed by atoms with van der Waals surface area (Å²) in [6.45, 7) is -0.213. The minimum Gasteiger partial charge on any atom is -0.468 e. The number of carbonyl (C=O) groups excluding carboxylic acids is 3. The molecule has 0 atom stereocenters. The van der Waals surface area contributed by atoms with Crippen molar-refractivity contribution < 1.29 is 19.1 Å². The van der Waals surface area contributed by atoms with Crippen molar-refractivity contribution in [1.29, 1.82) is 0 Å². The molecule has 4 aromatic rings. The Kier molecular flexibility index (Phi) is 6.23. The first-order chi connectivity index (χ1) is 15.5. The second kappa shape index (κ2) is 9.40. The molecule has 0 spiro atoms. The summed E-state index contributed by atoms with van der Waals surface area (Å²) in [6, 6.07) is 19.6. The Balaban J connectivity index is 1.55. The van der Waals surface area contributed by atoms with Gasteiger partial charge in [-0.1, -0.05) is 24.3 Å². The number of pyridine rings is 1. The van der Waals surface area contributed by atoms with E-state index in [4.69, 9.17) is 0 Å². The SMILES string of the molecule is COC(=O)CNC(=O)c1ccc(NC(=O)c2cc(-c3cccs3)nc3ccccc23)cc1. The number of rotatable bonds is 6. The number of esters is 1. The van der Waals surface area contributed by atoms with Gasteiger partial charge in [-0.25, -0.2) is 4.98 Å². The van der Waals surface area contributed by atoms with E-state index in [1.807, 2.05) is 41.8 Å². The Morgan fingerprint density at radius 1 is 0.969 bits per heavy atom. The van der Waals surface area contributed by atoms with E-state index < -0.39 is 11.9 Å². The van der Waals surface area contributed by atoms with Crippen LogP contribution in [0.15, 0.2) is 72.1 Å². The maximum Gasteiger partial charge on any atom is 0.325 e. The van der Waals surface area contributed by atoms with Crippen molar-refractivity contribution in [2.45, 2.75) is 0 Å². The third-order valence-electron chi connectivity index (χ3n) is 4.76. The average molecular weight is 446 g/mol. The molecule has 2 heterocycles. The van der Waals surface area contributed by atoms with Gasteiger partial charge in [0.2, 0.25) is 0 Å². The highest BCUT2D eigenvalue weighted by Crippen LogP contribution is 2.28. The lowest BCUT2D eigenvalue weighted by Crippen LogP contribution is -2.30. The minimum atomic E-state index is -0.534. The van der Waals surface area contributed by atoms with Gasteiger partial charge in [0.1, 0.15) is 6.54 Å². The van der Waals surface area contributed by atoms with Crippen LogP contribution in [0.2, 0.25) is 0 Å². The number of thiophene rings is 1. The molecule has 0 saturated heterocycles. The highest BCUT2D eigenvalue weighted by molar-refractivity contribution is 7.13. The van der Waals surface area contributed by atoms with E-state index in [2.05, 4.69) is 20.4 Å². The Morgan fingerprint density at radius 3 is 2.47 bits per heavy atom. The fourth-order valence-corrected chi connectivity index (χ4v) is 3.83. The second-order valence-corrected chi connectivity index (χ2v) is 7.79. The highest BCUT2D eigenvalue weighted by Gasteiger charge is 2.15. The number of ether oxygens (including phenoxy) is 1. The van der Waals surface area contributed by atoms with Crippen LogP contribution in [0.5, 0.6) is 0 Å². The van der Waals surface area contributed by atoms with Crippen LogP contribution in [-0.2, 0) is 9.53 Å². The fraction of sp³-hybridized carbons (Fsp3) is 0.0833. The lowest BCUT2D eigenvalue weighted by molar-refractivity contribution is -0.139.